The van der Waals surface area contributed by atoms with Crippen molar-refractivity contribution < 1.29 is 0 Å². The topological polar surface area (TPSA) is 49.8 Å². The SMILES string of the molecule is N#Cc1c(N)cccc1C=CCCCl. The van der Waals surface area contributed by atoms with Crippen molar-refractivity contribution in [1.29, 1.82) is 5.26 Å². The summed E-state index contributed by atoms with van der Waals surface area (Å²) in [7, 11) is 0. The van der Waals surface area contributed by atoms with E-state index < -0.39 is 0 Å². The standard InChI is InChI=1S/C11H11ClN2/c12-7-2-1-4-9-5-3-6-11(14)10(9)8-13/h1,3-6H,2,7,14H2. The second-order valence-electron chi connectivity index (χ2n) is 2.80. The first-order valence-electron chi connectivity index (χ1n) is 4.30. The van der Waals surface area contributed by atoms with Gasteiger partial charge in [-0.3, -0.25) is 0 Å². The predicted octanol–water partition coefficient (Wildman–Crippen LogP) is 2.78. The second kappa shape index (κ2) is 5.31. The van der Waals surface area contributed by atoms with Gasteiger partial charge in [-0.05, 0) is 18.1 Å². The van der Waals surface area contributed by atoms with E-state index >= 15 is 0 Å². The highest BCUT2D eigenvalue weighted by molar-refractivity contribution is 6.17. The van der Waals surface area contributed by atoms with E-state index in [4.69, 9.17) is 22.6 Å². The van der Waals surface area contributed by atoms with Crippen molar-refractivity contribution in [1.82, 2.24) is 0 Å². The van der Waals surface area contributed by atoms with Crippen LogP contribution in [0.2, 0.25) is 0 Å². The monoisotopic (exact) mass is 206 g/mol. The Bertz CT molecular complexity index is 377. The number of nitrogens with two attached hydrogens (primary N) is 1. The number of rotatable bonds is 3. The molecular weight excluding hydrogens is 196 g/mol. The molecule has 3 heteroatoms. The molecule has 1 rings (SSSR count). The average Bonchev–Trinajstić information content (AvgIpc) is 2.18. The molecule has 0 aliphatic heterocycles. The fourth-order valence-electron chi connectivity index (χ4n) is 1.13. The van der Waals surface area contributed by atoms with Crippen molar-refractivity contribution in [3.05, 3.63) is 35.4 Å². The van der Waals surface area contributed by atoms with Crippen LogP contribution in [0.1, 0.15) is 17.5 Å². The number of nitrogens with zero attached hydrogens (tertiary/aromatic N) is 1. The zero-order valence-corrected chi connectivity index (χ0v) is 8.46. The number of hydrogen-bond acceptors (Lipinski definition) is 2. The number of anilines is 1. The Hall–Kier alpha value is -1.46. The molecule has 0 amide bonds. The Morgan fingerprint density at radius 3 is 2.93 bits per heavy atom. The van der Waals surface area contributed by atoms with Crippen LogP contribution in [0, 0.1) is 11.3 Å². The van der Waals surface area contributed by atoms with Gasteiger partial charge in [0.05, 0.1) is 11.3 Å². The second-order valence-corrected chi connectivity index (χ2v) is 3.18. The van der Waals surface area contributed by atoms with E-state index in [1.807, 2.05) is 24.3 Å². The molecule has 0 aliphatic rings. The van der Waals surface area contributed by atoms with Gasteiger partial charge in [0.15, 0.2) is 0 Å². The minimum atomic E-state index is 0.514. The summed E-state index contributed by atoms with van der Waals surface area (Å²) < 4.78 is 0. The molecule has 0 radical (unpaired) electrons. The van der Waals surface area contributed by atoms with Crippen LogP contribution in [0.3, 0.4) is 0 Å². The molecule has 0 spiro atoms. The number of halogens is 1. The maximum atomic E-state index is 8.87. The van der Waals surface area contributed by atoms with Gasteiger partial charge in [0.1, 0.15) is 6.07 Å². The van der Waals surface area contributed by atoms with Crippen LogP contribution in [0.25, 0.3) is 6.08 Å². The van der Waals surface area contributed by atoms with E-state index in [1.165, 1.54) is 0 Å². The van der Waals surface area contributed by atoms with E-state index in [-0.39, 0.29) is 0 Å². The van der Waals surface area contributed by atoms with Gasteiger partial charge in [0, 0.05) is 5.88 Å². The lowest BCUT2D eigenvalue weighted by Gasteiger charge is -2.00. The molecule has 0 atom stereocenters. The number of allylic oxidation sites excluding steroid dienone is 1. The van der Waals surface area contributed by atoms with Crippen LogP contribution in [0.5, 0.6) is 0 Å². The maximum Gasteiger partial charge on any atom is 0.102 e. The fourth-order valence-corrected chi connectivity index (χ4v) is 1.26. The minimum Gasteiger partial charge on any atom is -0.398 e. The van der Waals surface area contributed by atoms with Crippen LogP contribution in [0.15, 0.2) is 24.3 Å². The molecule has 0 bridgehead atoms. The van der Waals surface area contributed by atoms with Crippen molar-refractivity contribution in [3.8, 4) is 6.07 Å². The molecule has 0 saturated heterocycles. The van der Waals surface area contributed by atoms with Crippen molar-refractivity contribution in [2.45, 2.75) is 6.42 Å². The van der Waals surface area contributed by atoms with Gasteiger partial charge in [0.2, 0.25) is 0 Å². The van der Waals surface area contributed by atoms with E-state index in [9.17, 15) is 0 Å². The Labute approximate surface area is 88.6 Å². The molecule has 1 aromatic rings. The van der Waals surface area contributed by atoms with Crippen LogP contribution in [-0.4, -0.2) is 5.88 Å². The van der Waals surface area contributed by atoms with Gasteiger partial charge in [-0.15, -0.1) is 11.6 Å². The summed E-state index contributed by atoms with van der Waals surface area (Å²) in [5, 5.41) is 8.87. The van der Waals surface area contributed by atoms with Crippen LogP contribution in [0.4, 0.5) is 5.69 Å². The normalized spacial score (nSPS) is 10.3. The fraction of sp³-hybridized carbons (Fsp3) is 0.182. The Morgan fingerprint density at radius 2 is 2.29 bits per heavy atom. The summed E-state index contributed by atoms with van der Waals surface area (Å²) in [6.07, 6.45) is 4.60. The molecule has 0 fully saturated rings. The first-order chi connectivity index (χ1) is 6.79. The van der Waals surface area contributed by atoms with Crippen LogP contribution >= 0.6 is 11.6 Å². The van der Waals surface area contributed by atoms with E-state index in [2.05, 4.69) is 6.07 Å². The third-order valence-corrected chi connectivity index (χ3v) is 2.03. The highest BCUT2D eigenvalue weighted by Gasteiger charge is 2.01. The zero-order valence-electron chi connectivity index (χ0n) is 7.70. The molecule has 0 aromatic heterocycles. The molecule has 14 heavy (non-hydrogen) atoms. The number of benzene rings is 1. The molecule has 72 valence electrons. The van der Waals surface area contributed by atoms with Crippen molar-refractivity contribution in [2.24, 2.45) is 0 Å². The van der Waals surface area contributed by atoms with Crippen LogP contribution in [-0.2, 0) is 0 Å². The number of nitrogen functional groups attached to an aromatic ring is 1. The van der Waals surface area contributed by atoms with Gasteiger partial charge in [-0.1, -0.05) is 24.3 Å². The summed E-state index contributed by atoms with van der Waals surface area (Å²) in [5.74, 6) is 0.584. The van der Waals surface area contributed by atoms with Crippen molar-refractivity contribution in [3.63, 3.8) is 0 Å². The lowest BCUT2D eigenvalue weighted by molar-refractivity contribution is 1.24. The van der Waals surface area contributed by atoms with E-state index in [1.54, 1.807) is 6.07 Å². The first-order valence-corrected chi connectivity index (χ1v) is 4.84. The molecule has 2 nitrogen and oxygen atoms in total. The molecular formula is C11H11ClN2. The van der Waals surface area contributed by atoms with Gasteiger partial charge in [-0.2, -0.15) is 5.26 Å². The highest BCUT2D eigenvalue weighted by Crippen LogP contribution is 2.17. The average molecular weight is 207 g/mol. The lowest BCUT2D eigenvalue weighted by Crippen LogP contribution is -1.92. The third-order valence-electron chi connectivity index (χ3n) is 1.81. The third kappa shape index (κ3) is 2.51. The van der Waals surface area contributed by atoms with Crippen molar-refractivity contribution >= 4 is 23.4 Å². The first kappa shape index (κ1) is 10.6. The summed E-state index contributed by atoms with van der Waals surface area (Å²) in [5.41, 5.74) is 7.54. The molecule has 0 aliphatic carbocycles. The Kier molecular flexibility index (Phi) is 4.03. The van der Waals surface area contributed by atoms with E-state index in [0.717, 1.165) is 12.0 Å². The Balaban J connectivity index is 2.98. The smallest absolute Gasteiger partial charge is 0.102 e. The number of alkyl halides is 1. The van der Waals surface area contributed by atoms with Crippen LogP contribution < -0.4 is 5.73 Å². The maximum absolute atomic E-state index is 8.87. The molecule has 0 saturated carbocycles. The molecule has 0 unspecified atom stereocenters. The number of hydrogen-bond donors (Lipinski definition) is 1. The molecule has 1 aromatic carbocycles. The summed E-state index contributed by atoms with van der Waals surface area (Å²) in [6.45, 7) is 0. The zero-order chi connectivity index (χ0) is 10.4. The summed E-state index contributed by atoms with van der Waals surface area (Å²) >= 11 is 5.53. The summed E-state index contributed by atoms with van der Waals surface area (Å²) in [6, 6.07) is 7.49. The largest absolute Gasteiger partial charge is 0.398 e. The van der Waals surface area contributed by atoms with Gasteiger partial charge < -0.3 is 5.73 Å². The summed E-state index contributed by atoms with van der Waals surface area (Å²) in [4.78, 5) is 0. The minimum absolute atomic E-state index is 0.514. The molecule has 2 N–H and O–H groups in total. The van der Waals surface area contributed by atoms with Gasteiger partial charge >= 0.3 is 0 Å². The number of nitriles is 1. The lowest BCUT2D eigenvalue weighted by atomic mass is 10.1. The highest BCUT2D eigenvalue weighted by atomic mass is 35.5. The molecule has 0 heterocycles. The van der Waals surface area contributed by atoms with Gasteiger partial charge in [-0.25, -0.2) is 0 Å². The predicted molar refractivity (Wildman–Crippen MR) is 59.9 cm³/mol. The van der Waals surface area contributed by atoms with E-state index in [0.29, 0.717) is 17.1 Å². The Morgan fingerprint density at radius 1 is 1.50 bits per heavy atom. The van der Waals surface area contributed by atoms with Gasteiger partial charge in [0.25, 0.3) is 0 Å². The van der Waals surface area contributed by atoms with Crippen molar-refractivity contribution in [2.75, 3.05) is 11.6 Å². The quantitative estimate of drug-likeness (QED) is 0.611.